The lowest BCUT2D eigenvalue weighted by molar-refractivity contribution is -0.284. The summed E-state index contributed by atoms with van der Waals surface area (Å²) < 4.78 is 57.4. The number of hydrogen-bond acceptors (Lipinski definition) is 34. The highest BCUT2D eigenvalue weighted by molar-refractivity contribution is 6.32. The topological polar surface area (TPSA) is 680 Å². The number of phenols is 4. The zero-order chi connectivity index (χ0) is 96.0. The van der Waals surface area contributed by atoms with Crippen LogP contribution in [0.15, 0.2) is 115 Å². The quantitative estimate of drug-likeness (QED) is 0.0450. The summed E-state index contributed by atoms with van der Waals surface area (Å²) >= 11 is 14.7. The van der Waals surface area contributed by atoms with Crippen LogP contribution in [-0.2, 0) is 63.7 Å². The summed E-state index contributed by atoms with van der Waals surface area (Å²) in [6, 6.07) is 2.01. The van der Waals surface area contributed by atoms with Gasteiger partial charge in [0.15, 0.2) is 35.3 Å². The zero-order valence-electron chi connectivity index (χ0n) is 71.3. The zero-order valence-corrected chi connectivity index (χ0v) is 72.8. The summed E-state index contributed by atoms with van der Waals surface area (Å²) in [6.07, 6.45) is -24.5. The number of aliphatic carboxylic acids is 1. The lowest BCUT2D eigenvalue weighted by Gasteiger charge is -2.44. The molecule has 8 aliphatic rings. The molecule has 0 spiro atoms. The Hall–Kier alpha value is -11.6. The molecule has 8 heterocycles. The fraction of sp³-hybridized carbons (Fsp3) is 0.438. The number of hydrogen-bond donors (Lipinski definition) is 25. The number of ether oxygens (including phenoxy) is 9. The van der Waals surface area contributed by atoms with Gasteiger partial charge in [-0.25, -0.2) is 4.79 Å². The first-order valence-electron chi connectivity index (χ1n) is 42.5. The Balaban J connectivity index is 1.07. The summed E-state index contributed by atoms with van der Waals surface area (Å²) in [6.45, 7) is 1.34. The number of carbonyl (C=O) groups is 8. The number of carboxylic acid groups (broad SMARTS) is 1. The third kappa shape index (κ3) is 22.4. The number of phenolic OH excluding ortho intramolecular Hbond substituents is 4. The molecule has 716 valence electrons. The van der Waals surface area contributed by atoms with E-state index in [9.17, 15) is 101 Å². The molecule has 0 saturated carbocycles. The number of halogens is 2. The van der Waals surface area contributed by atoms with Gasteiger partial charge in [0.25, 0.3) is 0 Å². The minimum absolute atomic E-state index is 0.0403. The fourth-order valence-electron chi connectivity index (χ4n) is 16.3. The molecule has 42 nitrogen and oxygen atoms in total. The largest absolute Gasteiger partial charge is 0.508 e. The molecule has 15 rings (SSSR count). The first kappa shape index (κ1) is 98.9. The van der Waals surface area contributed by atoms with Crippen molar-refractivity contribution in [1.29, 1.82) is 0 Å². The molecule has 7 aromatic carbocycles. The van der Waals surface area contributed by atoms with Crippen LogP contribution >= 0.6 is 23.2 Å². The maximum Gasteiger partial charge on any atom is 0.330 e. The van der Waals surface area contributed by atoms with Crippen LogP contribution in [0.1, 0.15) is 141 Å². The summed E-state index contributed by atoms with van der Waals surface area (Å²) in [4.78, 5) is 121. The van der Waals surface area contributed by atoms with E-state index >= 15 is 19.2 Å². The summed E-state index contributed by atoms with van der Waals surface area (Å²) in [7, 11) is 0. The normalized spacial score (nSPS) is 28.5. The summed E-state index contributed by atoms with van der Waals surface area (Å²) in [5.74, 6) is -17.5. The molecule has 23 unspecified atom stereocenters. The van der Waals surface area contributed by atoms with Crippen LogP contribution in [-0.4, -0.2) is 260 Å². The van der Waals surface area contributed by atoms with Gasteiger partial charge in [-0.05, 0) is 131 Å². The van der Waals surface area contributed by atoms with E-state index in [0.29, 0.717) is 24.3 Å². The number of amides is 7. The van der Waals surface area contributed by atoms with E-state index in [2.05, 4.69) is 51.1 Å². The molecule has 0 aromatic heterocycles. The van der Waals surface area contributed by atoms with Gasteiger partial charge >= 0.3 is 5.97 Å². The van der Waals surface area contributed by atoms with E-state index in [1.54, 1.807) is 0 Å². The number of fused-ring (bicyclic) bond motifs is 15. The van der Waals surface area contributed by atoms with Crippen LogP contribution in [0.5, 0.6) is 69.0 Å². The second-order valence-corrected chi connectivity index (χ2v) is 34.2. The minimum Gasteiger partial charge on any atom is -0.508 e. The number of unbranched alkanes of at least 4 members (excludes halogenated alkanes) is 4. The molecule has 133 heavy (non-hydrogen) atoms. The van der Waals surface area contributed by atoms with Crippen molar-refractivity contribution in [2.45, 2.75) is 213 Å². The lowest BCUT2D eigenvalue weighted by atomic mass is 9.89. The summed E-state index contributed by atoms with van der Waals surface area (Å²) in [5.41, 5.74) is 9.96. The van der Waals surface area contributed by atoms with E-state index in [4.69, 9.17) is 77.3 Å². The average molecular weight is 1900 g/mol. The van der Waals surface area contributed by atoms with Crippen molar-refractivity contribution < 1.29 is 163 Å². The molecule has 3 fully saturated rings. The Morgan fingerprint density at radius 3 is 1.69 bits per heavy atom. The molecule has 7 aromatic rings. The van der Waals surface area contributed by atoms with Crippen molar-refractivity contribution in [3.63, 3.8) is 0 Å². The molecule has 44 heteroatoms. The number of aliphatic hydroxyl groups is 11. The average Bonchev–Trinajstić information content (AvgIpc) is 0.755. The smallest absolute Gasteiger partial charge is 0.330 e. The highest BCUT2D eigenvalue weighted by atomic mass is 35.5. The van der Waals surface area contributed by atoms with Crippen LogP contribution < -0.4 is 72.4 Å². The Morgan fingerprint density at radius 2 is 1.05 bits per heavy atom. The monoisotopic (exact) mass is 1900 g/mol. The van der Waals surface area contributed by atoms with E-state index in [0.717, 1.165) is 118 Å². The van der Waals surface area contributed by atoms with Gasteiger partial charge in [0.1, 0.15) is 150 Å². The number of rotatable bonds is 21. The van der Waals surface area contributed by atoms with Crippen LogP contribution in [0.3, 0.4) is 0 Å². The number of benzene rings is 7. The van der Waals surface area contributed by atoms with Gasteiger partial charge in [-0.2, -0.15) is 0 Å². The molecule has 0 aliphatic carbocycles. The standard InChI is InChI=1S/C89H103Cl2N9O33/c1-35(2)9-7-5-4-6-8-10-62(110)96-70-76(115)73(112)60(33-103)130-88(70)133-80-57-26-42-27-58(80)127-54-18-14-40(24-50(54)91)79(132-87-69(94-36(3)105)75(114)72(111)59(32-102)129-87)71-85(122)99-68(86(123)124)48-29-45(107)30-56(128-89-78(117)77(116)74(113)61(34-104)131-89)63(48)47-23-39(13-15-51(47)108)66(83(120)100-71)98-84(121)67(42)97-82(119)65(93)41-21-44(106)28-46(22-41)125-55-25-38(12-16-52(55)109)64(92)81(118)95-43(31-101)19-37-11-17-53(126-57)49(90)20-37/h11-18,20-30,35,43,59-61,64-79,87-89,101-104,106-109,111-117H,4-10,19,31-34,92-93H2,1-3H3,(H,94,105)(H,95,118)(H,96,110)(H,97,119)(H,98,121)(H,99,122)(H,100,120)(H,123,124). The molecule has 8 aliphatic heterocycles. The van der Waals surface area contributed by atoms with E-state index < -0.39 is 304 Å². The number of carboxylic acids is 1. The van der Waals surface area contributed by atoms with Gasteiger partial charge in [-0.3, -0.25) is 33.6 Å². The lowest BCUT2D eigenvalue weighted by Crippen LogP contribution is -2.65. The molecule has 7 amide bonds. The van der Waals surface area contributed by atoms with Gasteiger partial charge in [0.2, 0.25) is 59.7 Å². The maximum absolute atomic E-state index is 16.8. The van der Waals surface area contributed by atoms with Crippen LogP contribution in [0, 0.1) is 5.92 Å². The van der Waals surface area contributed by atoms with Crippen molar-refractivity contribution in [3.05, 3.63) is 164 Å². The number of nitrogens with one attached hydrogen (secondary N) is 7. The van der Waals surface area contributed by atoms with Gasteiger partial charge in [0.05, 0.1) is 42.5 Å². The minimum atomic E-state index is -2.57. The van der Waals surface area contributed by atoms with Gasteiger partial charge < -0.3 is 173 Å². The van der Waals surface area contributed by atoms with Gasteiger partial charge in [-0.1, -0.05) is 93.4 Å². The molecule has 0 radical (unpaired) electrons. The van der Waals surface area contributed by atoms with Crippen LogP contribution in [0.4, 0.5) is 0 Å². The fourth-order valence-corrected chi connectivity index (χ4v) is 16.8. The van der Waals surface area contributed by atoms with Crippen molar-refractivity contribution in [1.82, 2.24) is 37.2 Å². The van der Waals surface area contributed by atoms with Crippen molar-refractivity contribution in [2.24, 2.45) is 17.4 Å². The molecule has 3 saturated heterocycles. The number of carbonyl (C=O) groups excluding carboxylic acids is 7. The third-order valence-corrected chi connectivity index (χ3v) is 24.0. The van der Waals surface area contributed by atoms with Crippen molar-refractivity contribution in [3.8, 4) is 80.1 Å². The predicted octanol–water partition coefficient (Wildman–Crippen LogP) is 1.23. The molecule has 23 atom stereocenters. The second kappa shape index (κ2) is 42.7. The Kier molecular flexibility index (Phi) is 31.8. The molecular formula is C89H103Cl2N9O33. The van der Waals surface area contributed by atoms with Crippen LogP contribution in [0.25, 0.3) is 11.1 Å². The molecule has 15 bridgehead atoms. The number of nitrogens with two attached hydrogens (primary N) is 2. The molecule has 27 N–H and O–H groups in total. The van der Waals surface area contributed by atoms with Crippen molar-refractivity contribution >= 4 is 70.5 Å². The highest BCUT2D eigenvalue weighted by Crippen LogP contribution is 2.51. The number of aromatic hydroxyl groups is 4. The van der Waals surface area contributed by atoms with E-state index in [-0.39, 0.29) is 46.2 Å². The Morgan fingerprint density at radius 1 is 0.496 bits per heavy atom. The Labute approximate surface area is 767 Å². The van der Waals surface area contributed by atoms with Crippen LogP contribution in [0.2, 0.25) is 10.0 Å². The van der Waals surface area contributed by atoms with Gasteiger partial charge in [-0.15, -0.1) is 0 Å². The molecular weight excluding hydrogens is 1790 g/mol. The van der Waals surface area contributed by atoms with E-state index in [1.165, 1.54) is 30.3 Å². The summed E-state index contributed by atoms with van der Waals surface area (Å²) in [5, 5.41) is 198. The first-order valence-corrected chi connectivity index (χ1v) is 43.2. The predicted molar refractivity (Wildman–Crippen MR) is 461 cm³/mol. The van der Waals surface area contributed by atoms with E-state index in [1.807, 2.05) is 0 Å². The maximum atomic E-state index is 16.8. The van der Waals surface area contributed by atoms with Gasteiger partial charge in [0, 0.05) is 42.2 Å². The van der Waals surface area contributed by atoms with Crippen molar-refractivity contribution in [2.75, 3.05) is 26.4 Å². The Bertz CT molecular complexity index is 5470. The SMILES string of the molecule is CC(=O)NC1C(OC2c3ccc(c(Cl)c3)Oc3cc4cc(c3OC3OC(CO)C(O)C(O)C3NC(=O)CCCCCCCC(C)C)Oc3ccc(cc3Cl)CC(CO)NC(=O)C(N)c3ccc(O)c(c3)Oc3cc(O)cc(c3)C(N)C(=O)NC4C(=O)NC3C(=O)NC2C(=O)NC(C(=O)O)c2cc(O)cc(OC4OC(CO)C(O)C(O)C4O)c2-c2cc3ccc2O)OC(CO)C(O)C1O. The first-order chi connectivity index (χ1) is 63.3. The number of aliphatic hydroxyl groups excluding tert-OH is 11. The second-order valence-electron chi connectivity index (χ2n) is 33.4. The third-order valence-electron chi connectivity index (χ3n) is 23.4. The highest BCUT2D eigenvalue weighted by Gasteiger charge is 2.52.